The molecule has 1 aliphatic heterocycles. The van der Waals surface area contributed by atoms with E-state index in [4.69, 9.17) is 0 Å². The lowest BCUT2D eigenvalue weighted by Crippen LogP contribution is -2.22. The summed E-state index contributed by atoms with van der Waals surface area (Å²) in [4.78, 5) is 32.6. The summed E-state index contributed by atoms with van der Waals surface area (Å²) in [5.74, 6) is -0.698. The molecule has 0 unspecified atom stereocenters. The van der Waals surface area contributed by atoms with Gasteiger partial charge >= 0.3 is 0 Å². The fourth-order valence-electron chi connectivity index (χ4n) is 4.59. The van der Waals surface area contributed by atoms with E-state index in [1.807, 2.05) is 42.9 Å². The molecule has 7 heteroatoms. The Bertz CT molecular complexity index is 1430. The SMILES string of the molecule is CSc1ccc2c(c1)c(C1=C(c3c[nH]c4ccccc34)C(=O)NC1=O)cn2CCCN(C)C. The zero-order chi connectivity index (χ0) is 23.1. The summed E-state index contributed by atoms with van der Waals surface area (Å²) in [7, 11) is 4.13. The van der Waals surface area contributed by atoms with Crippen LogP contribution in [-0.2, 0) is 16.1 Å². The standard InChI is InChI=1S/C26H26N4O2S/c1-29(2)11-6-12-30-15-20(18-13-16(33-3)9-10-22(18)30)24-23(25(31)28-26(24)32)19-14-27-21-8-5-4-7-17(19)21/h4-5,7-10,13-15,27H,6,11-12H2,1-3H3,(H,28,31,32). The maximum atomic E-state index is 13.1. The minimum absolute atomic E-state index is 0.345. The Kier molecular flexibility index (Phi) is 5.60. The molecule has 0 saturated carbocycles. The van der Waals surface area contributed by atoms with Crippen LogP contribution in [0.4, 0.5) is 0 Å². The highest BCUT2D eigenvalue weighted by Crippen LogP contribution is 2.39. The van der Waals surface area contributed by atoms with Gasteiger partial charge in [-0.15, -0.1) is 11.8 Å². The first-order valence-electron chi connectivity index (χ1n) is 11.0. The highest BCUT2D eigenvalue weighted by molar-refractivity contribution is 7.98. The van der Waals surface area contributed by atoms with E-state index < -0.39 is 0 Å². The number of nitrogens with one attached hydrogen (secondary N) is 2. The Morgan fingerprint density at radius 1 is 0.970 bits per heavy atom. The summed E-state index contributed by atoms with van der Waals surface area (Å²) in [6.45, 7) is 1.80. The predicted octanol–water partition coefficient (Wildman–Crippen LogP) is 4.36. The third-order valence-electron chi connectivity index (χ3n) is 6.15. The molecule has 33 heavy (non-hydrogen) atoms. The van der Waals surface area contributed by atoms with Gasteiger partial charge in [0.1, 0.15) is 0 Å². The first-order chi connectivity index (χ1) is 16.0. The third-order valence-corrected chi connectivity index (χ3v) is 6.88. The van der Waals surface area contributed by atoms with Crippen LogP contribution < -0.4 is 5.32 Å². The normalized spacial score (nSPS) is 14.3. The van der Waals surface area contributed by atoms with Gasteiger partial charge in [-0.1, -0.05) is 18.2 Å². The number of nitrogens with zero attached hydrogens (tertiary/aromatic N) is 2. The number of amides is 2. The van der Waals surface area contributed by atoms with Crippen molar-refractivity contribution < 1.29 is 9.59 Å². The van der Waals surface area contributed by atoms with Gasteiger partial charge in [-0.2, -0.15) is 0 Å². The molecule has 0 atom stereocenters. The van der Waals surface area contributed by atoms with E-state index in [0.717, 1.165) is 57.3 Å². The summed E-state index contributed by atoms with van der Waals surface area (Å²) in [5.41, 5.74) is 4.42. The number of rotatable bonds is 7. The average Bonchev–Trinajstić information content (AvgIpc) is 3.46. The molecule has 0 radical (unpaired) electrons. The molecule has 1 aliphatic rings. The largest absolute Gasteiger partial charge is 0.361 e. The number of imide groups is 1. The number of aryl methyl sites for hydroxylation is 1. The molecular formula is C26H26N4O2S. The molecule has 2 aromatic heterocycles. The molecule has 6 nitrogen and oxygen atoms in total. The Hall–Kier alpha value is -3.29. The number of thioether (sulfide) groups is 1. The average molecular weight is 459 g/mol. The van der Waals surface area contributed by atoms with Crippen molar-refractivity contribution in [1.82, 2.24) is 19.8 Å². The van der Waals surface area contributed by atoms with Crippen molar-refractivity contribution in [3.8, 4) is 0 Å². The third kappa shape index (κ3) is 3.77. The second-order valence-electron chi connectivity index (χ2n) is 8.56. The fraction of sp³-hybridized carbons (Fsp3) is 0.231. The van der Waals surface area contributed by atoms with Crippen molar-refractivity contribution in [3.63, 3.8) is 0 Å². The van der Waals surface area contributed by atoms with Crippen molar-refractivity contribution >= 4 is 56.5 Å². The molecule has 4 aromatic rings. The lowest BCUT2D eigenvalue weighted by atomic mass is 9.95. The second kappa shape index (κ2) is 8.57. The summed E-state index contributed by atoms with van der Waals surface area (Å²) < 4.78 is 2.20. The number of hydrogen-bond donors (Lipinski definition) is 2. The maximum Gasteiger partial charge on any atom is 0.259 e. The van der Waals surface area contributed by atoms with Crippen molar-refractivity contribution in [3.05, 3.63) is 66.0 Å². The molecule has 0 bridgehead atoms. The van der Waals surface area contributed by atoms with Gasteiger partial charge in [0.25, 0.3) is 11.8 Å². The van der Waals surface area contributed by atoms with E-state index in [9.17, 15) is 9.59 Å². The molecule has 0 saturated heterocycles. The zero-order valence-electron chi connectivity index (χ0n) is 18.9. The second-order valence-corrected chi connectivity index (χ2v) is 9.44. The number of aromatic amines is 1. The number of carbonyl (C=O) groups excluding carboxylic acids is 2. The number of benzene rings is 2. The molecule has 2 amide bonds. The molecule has 0 fully saturated rings. The number of H-pyrrole nitrogens is 1. The van der Waals surface area contributed by atoms with Gasteiger partial charge < -0.3 is 14.5 Å². The quantitative estimate of drug-likeness (QED) is 0.319. The van der Waals surface area contributed by atoms with Crippen molar-refractivity contribution in [1.29, 1.82) is 0 Å². The van der Waals surface area contributed by atoms with Crippen LogP contribution in [0.3, 0.4) is 0 Å². The minimum Gasteiger partial charge on any atom is -0.361 e. The molecule has 2 N–H and O–H groups in total. The first kappa shape index (κ1) is 21.6. The minimum atomic E-state index is -0.353. The van der Waals surface area contributed by atoms with Gasteiger partial charge in [0.15, 0.2) is 0 Å². The highest BCUT2D eigenvalue weighted by atomic mass is 32.2. The van der Waals surface area contributed by atoms with Gasteiger partial charge in [-0.05, 0) is 57.6 Å². The first-order valence-corrected chi connectivity index (χ1v) is 12.2. The number of aromatic nitrogens is 2. The Labute approximate surface area is 196 Å². The van der Waals surface area contributed by atoms with E-state index >= 15 is 0 Å². The molecule has 2 aromatic carbocycles. The molecule has 0 aliphatic carbocycles. The topological polar surface area (TPSA) is 70.1 Å². The van der Waals surface area contributed by atoms with Crippen LogP contribution >= 0.6 is 11.8 Å². The van der Waals surface area contributed by atoms with Crippen LogP contribution in [0.15, 0.2) is 59.8 Å². The Morgan fingerprint density at radius 2 is 1.73 bits per heavy atom. The summed E-state index contributed by atoms with van der Waals surface area (Å²) >= 11 is 1.66. The predicted molar refractivity (Wildman–Crippen MR) is 135 cm³/mol. The molecule has 168 valence electrons. The van der Waals surface area contributed by atoms with E-state index in [-0.39, 0.29) is 11.8 Å². The lowest BCUT2D eigenvalue weighted by Gasteiger charge is -2.10. The van der Waals surface area contributed by atoms with Crippen LogP contribution in [0.2, 0.25) is 0 Å². The Morgan fingerprint density at radius 3 is 2.48 bits per heavy atom. The summed E-state index contributed by atoms with van der Waals surface area (Å²) in [6, 6.07) is 14.2. The maximum absolute atomic E-state index is 13.1. The highest BCUT2D eigenvalue weighted by Gasteiger charge is 2.35. The monoisotopic (exact) mass is 458 g/mol. The van der Waals surface area contributed by atoms with Gasteiger partial charge in [0.2, 0.25) is 0 Å². The molecule has 0 spiro atoms. The van der Waals surface area contributed by atoms with Crippen molar-refractivity contribution in [2.45, 2.75) is 17.9 Å². The van der Waals surface area contributed by atoms with E-state index in [2.05, 4.69) is 52.1 Å². The van der Waals surface area contributed by atoms with E-state index in [1.165, 1.54) is 0 Å². The summed E-state index contributed by atoms with van der Waals surface area (Å²) in [6.07, 6.45) is 6.88. The van der Waals surface area contributed by atoms with Crippen LogP contribution in [0.5, 0.6) is 0 Å². The van der Waals surface area contributed by atoms with Crippen molar-refractivity contribution in [2.75, 3.05) is 26.9 Å². The lowest BCUT2D eigenvalue weighted by molar-refractivity contribution is -0.122. The smallest absolute Gasteiger partial charge is 0.259 e. The van der Waals surface area contributed by atoms with Crippen LogP contribution in [0, 0.1) is 0 Å². The summed E-state index contributed by atoms with van der Waals surface area (Å²) in [5, 5.41) is 4.46. The number of hydrogen-bond acceptors (Lipinski definition) is 4. The molecular weight excluding hydrogens is 432 g/mol. The Balaban J connectivity index is 1.73. The van der Waals surface area contributed by atoms with Crippen molar-refractivity contribution in [2.24, 2.45) is 0 Å². The molecule has 3 heterocycles. The van der Waals surface area contributed by atoms with Gasteiger partial charge in [-0.25, -0.2) is 0 Å². The van der Waals surface area contributed by atoms with E-state index in [1.54, 1.807) is 11.8 Å². The number of fused-ring (bicyclic) bond motifs is 2. The van der Waals surface area contributed by atoms with Crippen LogP contribution in [0.25, 0.3) is 33.0 Å². The van der Waals surface area contributed by atoms with Crippen LogP contribution in [0.1, 0.15) is 17.5 Å². The van der Waals surface area contributed by atoms with E-state index in [0.29, 0.717) is 11.1 Å². The number of para-hydroxylation sites is 1. The van der Waals surface area contributed by atoms with Gasteiger partial charge in [-0.3, -0.25) is 14.9 Å². The van der Waals surface area contributed by atoms with Gasteiger partial charge in [0.05, 0.1) is 11.1 Å². The van der Waals surface area contributed by atoms with Gasteiger partial charge in [0, 0.05) is 56.8 Å². The fourth-order valence-corrected chi connectivity index (χ4v) is 5.03. The number of carbonyl (C=O) groups is 2. The van der Waals surface area contributed by atoms with Crippen LogP contribution in [-0.4, -0.2) is 53.2 Å². The zero-order valence-corrected chi connectivity index (χ0v) is 19.8. The molecule has 5 rings (SSSR count).